The van der Waals surface area contributed by atoms with Crippen molar-refractivity contribution in [3.8, 4) is 11.5 Å². The summed E-state index contributed by atoms with van der Waals surface area (Å²) in [5.41, 5.74) is 2.33. The maximum atomic E-state index is 12.7. The number of benzene rings is 2. The summed E-state index contributed by atoms with van der Waals surface area (Å²) < 4.78 is 11.3. The molecule has 3 N–H and O–H groups in total. The van der Waals surface area contributed by atoms with E-state index in [2.05, 4.69) is 22.8 Å². The third-order valence-electron chi connectivity index (χ3n) is 5.48. The minimum Gasteiger partial charge on any atom is -0.486 e. The average molecular weight is 396 g/mol. The third kappa shape index (κ3) is 4.35. The molecule has 152 valence electrons. The van der Waals surface area contributed by atoms with Gasteiger partial charge in [-0.2, -0.15) is 0 Å². The summed E-state index contributed by atoms with van der Waals surface area (Å²) in [6, 6.07) is 13.3. The van der Waals surface area contributed by atoms with Gasteiger partial charge >= 0.3 is 0 Å². The van der Waals surface area contributed by atoms with Crippen LogP contribution in [0.1, 0.15) is 34.8 Å². The zero-order chi connectivity index (χ0) is 20.2. The van der Waals surface area contributed by atoms with Gasteiger partial charge in [-0.3, -0.25) is 9.59 Å². The van der Waals surface area contributed by atoms with Crippen molar-refractivity contribution in [2.24, 2.45) is 0 Å². The molecular formula is C22H26N3O4+. The van der Waals surface area contributed by atoms with E-state index < -0.39 is 0 Å². The molecule has 29 heavy (non-hydrogen) atoms. The van der Waals surface area contributed by atoms with E-state index in [1.807, 2.05) is 6.07 Å². The van der Waals surface area contributed by atoms with Crippen LogP contribution in [0.25, 0.3) is 0 Å². The molecule has 2 heterocycles. The first kappa shape index (κ1) is 19.3. The van der Waals surface area contributed by atoms with Crippen LogP contribution in [0.4, 0.5) is 5.69 Å². The summed E-state index contributed by atoms with van der Waals surface area (Å²) in [4.78, 5) is 25.7. The number of ether oxygens (including phenoxy) is 2. The predicted octanol–water partition coefficient (Wildman–Crippen LogP) is 1.18. The molecule has 2 aromatic carbocycles. The van der Waals surface area contributed by atoms with Crippen LogP contribution < -0.4 is 25.0 Å². The number of fused-ring (bicyclic) bond motifs is 1. The van der Waals surface area contributed by atoms with E-state index >= 15 is 0 Å². The second-order valence-electron chi connectivity index (χ2n) is 7.39. The number of hydrogen-bond acceptors (Lipinski definition) is 4. The van der Waals surface area contributed by atoms with E-state index in [0.29, 0.717) is 31.0 Å². The zero-order valence-electron chi connectivity index (χ0n) is 16.5. The largest absolute Gasteiger partial charge is 0.486 e. The van der Waals surface area contributed by atoms with Gasteiger partial charge in [0.25, 0.3) is 11.8 Å². The Morgan fingerprint density at radius 3 is 2.76 bits per heavy atom. The second kappa shape index (κ2) is 8.53. The fourth-order valence-corrected chi connectivity index (χ4v) is 4.10. The molecule has 0 radical (unpaired) electrons. The Morgan fingerprint density at radius 1 is 1.10 bits per heavy atom. The lowest BCUT2D eigenvalue weighted by atomic mass is 10.0. The van der Waals surface area contributed by atoms with Gasteiger partial charge in [0.2, 0.25) is 0 Å². The Morgan fingerprint density at radius 2 is 1.93 bits per heavy atom. The van der Waals surface area contributed by atoms with E-state index in [0.717, 1.165) is 30.9 Å². The Bertz CT molecular complexity index is 915. The molecule has 2 atom stereocenters. The highest BCUT2D eigenvalue weighted by atomic mass is 16.6. The van der Waals surface area contributed by atoms with E-state index in [4.69, 9.17) is 9.47 Å². The molecule has 0 saturated carbocycles. The van der Waals surface area contributed by atoms with Crippen LogP contribution in [0.2, 0.25) is 0 Å². The van der Waals surface area contributed by atoms with Crippen LogP contribution in [-0.4, -0.2) is 45.2 Å². The summed E-state index contributed by atoms with van der Waals surface area (Å²) in [5, 5.41) is 5.52. The fourth-order valence-electron chi connectivity index (χ4n) is 4.10. The van der Waals surface area contributed by atoms with Gasteiger partial charge in [-0.15, -0.1) is 0 Å². The minimum absolute atomic E-state index is 0.0569. The van der Waals surface area contributed by atoms with Crippen LogP contribution in [0, 0.1) is 0 Å². The molecule has 0 aliphatic carbocycles. The van der Waals surface area contributed by atoms with Gasteiger partial charge in [0.15, 0.2) is 18.0 Å². The smallest absolute Gasteiger partial charge is 0.279 e. The first-order chi connectivity index (χ1) is 14.1. The lowest BCUT2D eigenvalue weighted by Gasteiger charge is -2.24. The number of rotatable bonds is 5. The zero-order valence-corrected chi connectivity index (χ0v) is 16.5. The number of anilines is 1. The van der Waals surface area contributed by atoms with Crippen LogP contribution >= 0.6 is 0 Å². The first-order valence-electron chi connectivity index (χ1n) is 10.00. The van der Waals surface area contributed by atoms with Crippen molar-refractivity contribution in [3.63, 3.8) is 0 Å². The number of hydrogen-bond donors (Lipinski definition) is 3. The van der Waals surface area contributed by atoms with Crippen molar-refractivity contribution in [3.05, 3.63) is 53.6 Å². The average Bonchev–Trinajstić information content (AvgIpc) is 3.20. The Kier molecular flexibility index (Phi) is 5.67. The normalized spacial score (nSPS) is 20.2. The Balaban J connectivity index is 1.42. The standard InChI is InChI=1S/C22H25N3O4/c1-23-22(27)16-4-2-5-17(12-16)24-21(26)14-25-9-3-6-18(25)15-7-8-19-20(13-15)29-11-10-28-19/h2,4-5,7-8,12-13,18H,3,6,9-11,14H2,1H3,(H,23,27)(H,24,26)/p+1/t18-/m0/s1. The lowest BCUT2D eigenvalue weighted by molar-refractivity contribution is -0.910. The fraction of sp³-hybridized carbons (Fsp3) is 0.364. The maximum Gasteiger partial charge on any atom is 0.279 e. The van der Waals surface area contributed by atoms with E-state index in [1.54, 1.807) is 31.3 Å². The molecule has 1 fully saturated rings. The summed E-state index contributed by atoms with van der Waals surface area (Å²) in [5.74, 6) is 1.34. The van der Waals surface area contributed by atoms with Crippen molar-refractivity contribution in [1.82, 2.24) is 5.32 Å². The van der Waals surface area contributed by atoms with E-state index in [9.17, 15) is 9.59 Å². The van der Waals surface area contributed by atoms with Crippen molar-refractivity contribution in [2.75, 3.05) is 38.7 Å². The second-order valence-corrected chi connectivity index (χ2v) is 7.39. The summed E-state index contributed by atoms with van der Waals surface area (Å²) in [6.07, 6.45) is 2.11. The molecule has 2 aliphatic heterocycles. The number of carbonyl (C=O) groups is 2. The summed E-state index contributed by atoms with van der Waals surface area (Å²) in [6.45, 7) is 2.47. The number of amides is 2. The van der Waals surface area contributed by atoms with Gasteiger partial charge in [0, 0.05) is 36.7 Å². The molecule has 1 saturated heterocycles. The van der Waals surface area contributed by atoms with Crippen molar-refractivity contribution >= 4 is 17.5 Å². The first-order valence-corrected chi connectivity index (χ1v) is 10.00. The van der Waals surface area contributed by atoms with Crippen LogP contribution in [-0.2, 0) is 4.79 Å². The molecule has 0 spiro atoms. The molecule has 2 aromatic rings. The molecule has 7 nitrogen and oxygen atoms in total. The predicted molar refractivity (Wildman–Crippen MR) is 109 cm³/mol. The number of quaternary nitrogens is 1. The molecular weight excluding hydrogens is 370 g/mol. The summed E-state index contributed by atoms with van der Waals surface area (Å²) >= 11 is 0. The van der Waals surface area contributed by atoms with Gasteiger partial charge in [-0.25, -0.2) is 0 Å². The molecule has 2 aliphatic rings. The topological polar surface area (TPSA) is 81.1 Å². The summed E-state index contributed by atoms with van der Waals surface area (Å²) in [7, 11) is 1.59. The monoisotopic (exact) mass is 396 g/mol. The molecule has 4 rings (SSSR count). The third-order valence-corrected chi connectivity index (χ3v) is 5.48. The highest BCUT2D eigenvalue weighted by Crippen LogP contribution is 2.33. The van der Waals surface area contributed by atoms with Gasteiger partial charge < -0.3 is 25.0 Å². The van der Waals surface area contributed by atoms with E-state index in [-0.39, 0.29) is 17.9 Å². The Labute approximate surface area is 170 Å². The quantitative estimate of drug-likeness (QED) is 0.709. The Hall–Kier alpha value is -3.06. The van der Waals surface area contributed by atoms with Gasteiger partial charge in [-0.05, 0) is 36.4 Å². The highest BCUT2D eigenvalue weighted by Gasteiger charge is 2.32. The van der Waals surface area contributed by atoms with Crippen LogP contribution in [0.3, 0.4) is 0 Å². The minimum atomic E-state index is -0.176. The molecule has 0 aromatic heterocycles. The van der Waals surface area contributed by atoms with E-state index in [1.165, 1.54) is 10.5 Å². The van der Waals surface area contributed by atoms with Crippen LogP contribution in [0.15, 0.2) is 42.5 Å². The van der Waals surface area contributed by atoms with Gasteiger partial charge in [-0.1, -0.05) is 6.07 Å². The molecule has 7 heteroatoms. The molecule has 0 bridgehead atoms. The number of nitrogens with one attached hydrogen (secondary N) is 3. The SMILES string of the molecule is CNC(=O)c1cccc(NC(=O)C[NH+]2CCC[C@H]2c2ccc3c(c2)OCCO3)c1. The van der Waals surface area contributed by atoms with Crippen LogP contribution in [0.5, 0.6) is 11.5 Å². The number of likely N-dealkylation sites (tertiary alicyclic amines) is 1. The van der Waals surface area contributed by atoms with Crippen molar-refractivity contribution < 1.29 is 24.0 Å². The van der Waals surface area contributed by atoms with Gasteiger partial charge in [0.1, 0.15) is 19.3 Å². The highest BCUT2D eigenvalue weighted by molar-refractivity contribution is 5.97. The molecule has 2 amide bonds. The number of carbonyl (C=O) groups excluding carboxylic acids is 2. The van der Waals surface area contributed by atoms with Crippen molar-refractivity contribution in [1.29, 1.82) is 0 Å². The lowest BCUT2D eigenvalue weighted by Crippen LogP contribution is -3.11. The maximum absolute atomic E-state index is 12.7. The molecule has 1 unspecified atom stereocenters. The van der Waals surface area contributed by atoms with Crippen molar-refractivity contribution in [2.45, 2.75) is 18.9 Å². The van der Waals surface area contributed by atoms with Gasteiger partial charge in [0.05, 0.1) is 6.54 Å².